The van der Waals surface area contributed by atoms with E-state index in [2.05, 4.69) is 20.4 Å². The lowest BCUT2D eigenvalue weighted by molar-refractivity contribution is 0.886. The topological polar surface area (TPSA) is 102 Å². The molecule has 2 rings (SSSR count). The number of hydrazine groups is 1. The summed E-state index contributed by atoms with van der Waals surface area (Å²) in [7, 11) is 1.73. The van der Waals surface area contributed by atoms with Gasteiger partial charge in [-0.05, 0) is 6.92 Å². The van der Waals surface area contributed by atoms with E-state index in [1.807, 2.05) is 0 Å². The fourth-order valence-electron chi connectivity index (χ4n) is 1.33. The second-order valence-corrected chi connectivity index (χ2v) is 2.96. The number of hydrogen-bond acceptors (Lipinski definition) is 5. The summed E-state index contributed by atoms with van der Waals surface area (Å²) >= 11 is 0. The predicted octanol–water partition coefficient (Wildman–Crippen LogP) is -0.749. The molecule has 0 amide bonds. The lowest BCUT2D eigenvalue weighted by Gasteiger charge is -2.05. The van der Waals surface area contributed by atoms with Crippen LogP contribution in [-0.2, 0) is 7.05 Å². The van der Waals surface area contributed by atoms with Gasteiger partial charge in [0.15, 0.2) is 11.2 Å². The zero-order valence-corrected chi connectivity index (χ0v) is 7.83. The molecule has 0 saturated heterocycles. The molecule has 0 fully saturated rings. The molecule has 2 heterocycles. The summed E-state index contributed by atoms with van der Waals surface area (Å²) in [6.45, 7) is 1.77. The Morgan fingerprint density at radius 1 is 1.50 bits per heavy atom. The van der Waals surface area contributed by atoms with Gasteiger partial charge in [0.2, 0.25) is 5.95 Å². The van der Waals surface area contributed by atoms with E-state index in [0.717, 1.165) is 0 Å². The summed E-state index contributed by atoms with van der Waals surface area (Å²) in [5.41, 5.74) is 2.90. The highest BCUT2D eigenvalue weighted by molar-refractivity contribution is 5.71. The maximum Gasteiger partial charge on any atom is 0.300 e. The van der Waals surface area contributed by atoms with E-state index >= 15 is 0 Å². The molecule has 0 spiro atoms. The summed E-state index contributed by atoms with van der Waals surface area (Å²) < 4.78 is 1.61. The SMILES string of the molecule is Cc1nc2c([nH]1)c(=O)nc(NN)n2C. The largest absolute Gasteiger partial charge is 0.336 e. The molecule has 14 heavy (non-hydrogen) atoms. The van der Waals surface area contributed by atoms with Gasteiger partial charge in [0.25, 0.3) is 0 Å². The maximum absolute atomic E-state index is 11.4. The summed E-state index contributed by atoms with van der Waals surface area (Å²) in [6.07, 6.45) is 0. The zero-order chi connectivity index (χ0) is 10.3. The van der Waals surface area contributed by atoms with Crippen LogP contribution in [0.5, 0.6) is 0 Å². The van der Waals surface area contributed by atoms with Crippen molar-refractivity contribution in [2.45, 2.75) is 6.92 Å². The molecule has 7 heteroatoms. The molecule has 0 saturated carbocycles. The minimum atomic E-state index is -0.369. The normalized spacial score (nSPS) is 10.8. The van der Waals surface area contributed by atoms with E-state index in [4.69, 9.17) is 5.84 Å². The lowest BCUT2D eigenvalue weighted by atomic mass is 10.5. The molecule has 2 aromatic rings. The molecule has 0 aliphatic heterocycles. The van der Waals surface area contributed by atoms with Gasteiger partial charge in [-0.3, -0.25) is 14.8 Å². The van der Waals surface area contributed by atoms with E-state index in [1.54, 1.807) is 18.5 Å². The highest BCUT2D eigenvalue weighted by atomic mass is 16.1. The van der Waals surface area contributed by atoms with E-state index < -0.39 is 0 Å². The number of nitrogens with two attached hydrogens (primary N) is 1. The number of rotatable bonds is 1. The molecule has 0 aromatic carbocycles. The number of aromatic amines is 1. The summed E-state index contributed by atoms with van der Waals surface area (Å²) in [4.78, 5) is 22.2. The second kappa shape index (κ2) is 2.81. The number of imidazole rings is 1. The van der Waals surface area contributed by atoms with Crippen molar-refractivity contribution in [3.63, 3.8) is 0 Å². The number of fused-ring (bicyclic) bond motifs is 1. The van der Waals surface area contributed by atoms with Crippen molar-refractivity contribution in [2.75, 3.05) is 5.43 Å². The van der Waals surface area contributed by atoms with Gasteiger partial charge in [-0.1, -0.05) is 0 Å². The van der Waals surface area contributed by atoms with Crippen LogP contribution in [0.4, 0.5) is 5.95 Å². The van der Waals surface area contributed by atoms with E-state index in [-0.39, 0.29) is 11.5 Å². The van der Waals surface area contributed by atoms with Crippen LogP contribution in [0, 0.1) is 6.92 Å². The summed E-state index contributed by atoms with van der Waals surface area (Å²) in [5, 5.41) is 0. The molecule has 74 valence electrons. The van der Waals surface area contributed by atoms with Crippen LogP contribution in [0.25, 0.3) is 11.2 Å². The molecule has 0 bridgehead atoms. The number of nitrogen functional groups attached to an aromatic ring is 1. The maximum atomic E-state index is 11.4. The van der Waals surface area contributed by atoms with Gasteiger partial charge >= 0.3 is 5.56 Å². The molecule has 0 aliphatic rings. The number of nitrogens with one attached hydrogen (secondary N) is 2. The van der Waals surface area contributed by atoms with Crippen LogP contribution in [0.15, 0.2) is 4.79 Å². The number of aryl methyl sites for hydroxylation is 2. The molecule has 0 unspecified atom stereocenters. The highest BCUT2D eigenvalue weighted by Gasteiger charge is 2.10. The van der Waals surface area contributed by atoms with Crippen LogP contribution in [-0.4, -0.2) is 19.5 Å². The molecule has 4 N–H and O–H groups in total. The molecular weight excluding hydrogens is 184 g/mol. The Labute approximate surface area is 78.9 Å². The number of hydrogen-bond donors (Lipinski definition) is 3. The Hall–Kier alpha value is -1.89. The third-order valence-corrected chi connectivity index (χ3v) is 1.99. The Kier molecular flexibility index (Phi) is 1.74. The Morgan fingerprint density at radius 3 is 2.86 bits per heavy atom. The molecule has 7 nitrogen and oxygen atoms in total. The first-order valence-corrected chi connectivity index (χ1v) is 4.03. The van der Waals surface area contributed by atoms with Crippen molar-refractivity contribution < 1.29 is 0 Å². The van der Waals surface area contributed by atoms with Gasteiger partial charge in [0, 0.05) is 7.05 Å². The Bertz CT molecular complexity index is 539. The van der Waals surface area contributed by atoms with Gasteiger partial charge in [0.05, 0.1) is 0 Å². The average Bonchev–Trinajstić information content (AvgIpc) is 2.54. The monoisotopic (exact) mass is 194 g/mol. The van der Waals surface area contributed by atoms with Crippen molar-refractivity contribution in [3.8, 4) is 0 Å². The van der Waals surface area contributed by atoms with Gasteiger partial charge < -0.3 is 4.98 Å². The van der Waals surface area contributed by atoms with Crippen LogP contribution < -0.4 is 16.8 Å². The average molecular weight is 194 g/mol. The highest BCUT2D eigenvalue weighted by Crippen LogP contribution is 2.08. The number of aromatic nitrogens is 4. The van der Waals surface area contributed by atoms with Gasteiger partial charge in [-0.25, -0.2) is 10.8 Å². The van der Waals surface area contributed by atoms with E-state index in [1.165, 1.54) is 0 Å². The number of nitrogens with zero attached hydrogens (tertiary/aromatic N) is 3. The smallest absolute Gasteiger partial charge is 0.300 e. The van der Waals surface area contributed by atoms with E-state index in [0.29, 0.717) is 17.0 Å². The van der Waals surface area contributed by atoms with Gasteiger partial charge in [-0.15, -0.1) is 0 Å². The molecule has 0 aliphatic carbocycles. The molecule has 0 atom stereocenters. The lowest BCUT2D eigenvalue weighted by Crippen LogP contribution is -2.20. The first-order chi connectivity index (χ1) is 6.63. The summed E-state index contributed by atoms with van der Waals surface area (Å²) in [6, 6.07) is 0. The first-order valence-electron chi connectivity index (χ1n) is 4.03. The van der Waals surface area contributed by atoms with Crippen LogP contribution in [0.2, 0.25) is 0 Å². The second-order valence-electron chi connectivity index (χ2n) is 2.96. The zero-order valence-electron chi connectivity index (χ0n) is 7.83. The number of H-pyrrole nitrogens is 1. The van der Waals surface area contributed by atoms with Crippen LogP contribution >= 0.6 is 0 Å². The summed E-state index contributed by atoms with van der Waals surface area (Å²) in [5.74, 6) is 6.16. The number of anilines is 1. The molecular formula is C7H10N6O. The first kappa shape index (κ1) is 8.70. The van der Waals surface area contributed by atoms with Crippen molar-refractivity contribution in [3.05, 3.63) is 16.2 Å². The predicted molar refractivity (Wildman–Crippen MR) is 51.7 cm³/mol. The third kappa shape index (κ3) is 1.06. The Morgan fingerprint density at radius 2 is 2.21 bits per heavy atom. The van der Waals surface area contributed by atoms with E-state index in [9.17, 15) is 4.79 Å². The fourth-order valence-corrected chi connectivity index (χ4v) is 1.33. The quantitative estimate of drug-likeness (QED) is 0.409. The molecule has 0 radical (unpaired) electrons. The van der Waals surface area contributed by atoms with Crippen molar-refractivity contribution >= 4 is 17.1 Å². The Balaban J connectivity index is 2.93. The van der Waals surface area contributed by atoms with Gasteiger partial charge in [0.1, 0.15) is 5.82 Å². The van der Waals surface area contributed by atoms with Crippen molar-refractivity contribution in [1.29, 1.82) is 0 Å². The third-order valence-electron chi connectivity index (χ3n) is 1.99. The van der Waals surface area contributed by atoms with Crippen LogP contribution in [0.3, 0.4) is 0 Å². The van der Waals surface area contributed by atoms with Crippen LogP contribution in [0.1, 0.15) is 5.82 Å². The van der Waals surface area contributed by atoms with Gasteiger partial charge in [-0.2, -0.15) is 4.98 Å². The molecule has 2 aromatic heterocycles. The minimum Gasteiger partial charge on any atom is -0.336 e. The van der Waals surface area contributed by atoms with Crippen molar-refractivity contribution in [1.82, 2.24) is 19.5 Å². The minimum absolute atomic E-state index is 0.286. The fraction of sp³-hybridized carbons (Fsp3) is 0.286. The van der Waals surface area contributed by atoms with Crippen molar-refractivity contribution in [2.24, 2.45) is 12.9 Å². The standard InChI is InChI=1S/C7H10N6O/c1-3-9-4-5(10-3)13(2)7(12-8)11-6(4)14/h8H2,1-2H3,(H,9,10)(H,11,12,14).